The Kier molecular flexibility index (Phi) is 7.52. The van der Waals surface area contributed by atoms with Crippen molar-refractivity contribution in [1.82, 2.24) is 0 Å². The van der Waals surface area contributed by atoms with E-state index in [-0.39, 0.29) is 64.0 Å². The van der Waals surface area contributed by atoms with Gasteiger partial charge in [0, 0.05) is 28.3 Å². The molecule has 0 atom stereocenters. The molecular formula is C28H22O10. The van der Waals surface area contributed by atoms with Crippen molar-refractivity contribution in [3.05, 3.63) is 82.4 Å². The molecule has 3 aromatic carbocycles. The molecule has 0 saturated heterocycles. The second kappa shape index (κ2) is 11.0. The molecule has 10 nitrogen and oxygen atoms in total. The number of rotatable bonds is 9. The summed E-state index contributed by atoms with van der Waals surface area (Å²) in [5, 5.41) is 0. The minimum atomic E-state index is -1.05. The molecule has 1 aliphatic heterocycles. The number of ether oxygens (including phenoxy) is 5. The molecule has 194 valence electrons. The first-order valence-electron chi connectivity index (χ1n) is 11.3. The Bertz CT molecular complexity index is 1430. The molecule has 1 heterocycles. The van der Waals surface area contributed by atoms with Gasteiger partial charge in [0.15, 0.2) is 11.5 Å². The van der Waals surface area contributed by atoms with Crippen LogP contribution in [0, 0.1) is 0 Å². The van der Waals surface area contributed by atoms with Crippen LogP contribution >= 0.6 is 0 Å². The molecule has 0 unspecified atom stereocenters. The second-order valence-electron chi connectivity index (χ2n) is 8.03. The van der Waals surface area contributed by atoms with Gasteiger partial charge in [0.05, 0.1) is 26.9 Å². The summed E-state index contributed by atoms with van der Waals surface area (Å²) in [5.41, 5.74) is -0.537. The van der Waals surface area contributed by atoms with E-state index in [1.54, 1.807) is 0 Å². The lowest BCUT2D eigenvalue weighted by atomic mass is 9.91. The number of carbonyl (C=O) groups is 5. The first-order chi connectivity index (χ1) is 18.3. The Morgan fingerprint density at radius 2 is 1.03 bits per heavy atom. The van der Waals surface area contributed by atoms with Crippen molar-refractivity contribution < 1.29 is 47.7 Å². The lowest BCUT2D eigenvalue weighted by Gasteiger charge is -2.20. The summed E-state index contributed by atoms with van der Waals surface area (Å²) in [5.74, 6) is -3.74. The molecule has 0 spiro atoms. The van der Waals surface area contributed by atoms with Crippen molar-refractivity contribution in [3.8, 4) is 23.0 Å². The predicted octanol–water partition coefficient (Wildman–Crippen LogP) is 3.39. The monoisotopic (exact) mass is 518 g/mol. The molecule has 4 rings (SSSR count). The smallest absolute Gasteiger partial charge is 0.337 e. The fourth-order valence-electron chi connectivity index (χ4n) is 3.79. The molecule has 0 fully saturated rings. The van der Waals surface area contributed by atoms with Gasteiger partial charge in [-0.25, -0.2) is 4.79 Å². The highest BCUT2D eigenvalue weighted by atomic mass is 16.6. The van der Waals surface area contributed by atoms with Crippen LogP contribution in [0.5, 0.6) is 23.0 Å². The zero-order valence-electron chi connectivity index (χ0n) is 20.7. The quantitative estimate of drug-likeness (QED) is 0.236. The van der Waals surface area contributed by atoms with E-state index in [2.05, 4.69) is 4.74 Å². The first kappa shape index (κ1) is 26.1. The van der Waals surface area contributed by atoms with Gasteiger partial charge in [-0.15, -0.1) is 0 Å². The number of hydrogen-bond donors (Lipinski definition) is 0. The summed E-state index contributed by atoms with van der Waals surface area (Å²) in [6.45, 7) is 0.389. The van der Waals surface area contributed by atoms with Gasteiger partial charge in [0.1, 0.15) is 24.7 Å². The van der Waals surface area contributed by atoms with Gasteiger partial charge >= 0.3 is 5.97 Å². The Morgan fingerprint density at radius 1 is 0.579 bits per heavy atom. The highest BCUT2D eigenvalue weighted by molar-refractivity contribution is 6.54. The molecule has 0 N–H and O–H groups in total. The Morgan fingerprint density at radius 3 is 1.47 bits per heavy atom. The third-order valence-electron chi connectivity index (χ3n) is 5.77. The van der Waals surface area contributed by atoms with E-state index in [0.717, 1.165) is 0 Å². The zero-order valence-corrected chi connectivity index (χ0v) is 20.7. The average molecular weight is 518 g/mol. The van der Waals surface area contributed by atoms with Gasteiger partial charge in [-0.3, -0.25) is 19.2 Å². The maximum absolute atomic E-state index is 13.4. The minimum absolute atomic E-state index is 0.0280. The molecule has 0 bridgehead atoms. The van der Waals surface area contributed by atoms with Crippen LogP contribution in [0.15, 0.2) is 54.6 Å². The number of methoxy groups -OCH3 is 3. The topological polar surface area (TPSA) is 132 Å². The van der Waals surface area contributed by atoms with Gasteiger partial charge in [-0.2, -0.15) is 0 Å². The Balaban J connectivity index is 1.75. The molecule has 0 aliphatic carbocycles. The highest BCUT2D eigenvalue weighted by Crippen LogP contribution is 2.35. The van der Waals surface area contributed by atoms with Gasteiger partial charge in [-0.1, -0.05) is 12.1 Å². The summed E-state index contributed by atoms with van der Waals surface area (Å²) >= 11 is 0. The number of benzene rings is 3. The molecule has 0 saturated carbocycles. The van der Waals surface area contributed by atoms with E-state index in [1.165, 1.54) is 75.9 Å². The van der Waals surface area contributed by atoms with E-state index in [4.69, 9.17) is 18.9 Å². The maximum atomic E-state index is 13.4. The van der Waals surface area contributed by atoms with Crippen molar-refractivity contribution in [2.24, 2.45) is 0 Å². The summed E-state index contributed by atoms with van der Waals surface area (Å²) in [4.78, 5) is 64.8. The molecular weight excluding hydrogens is 496 g/mol. The molecule has 10 heteroatoms. The van der Waals surface area contributed by atoms with Crippen LogP contribution in [0.25, 0.3) is 0 Å². The summed E-state index contributed by atoms with van der Waals surface area (Å²) < 4.78 is 26.0. The highest BCUT2D eigenvalue weighted by Gasteiger charge is 2.31. The summed E-state index contributed by atoms with van der Waals surface area (Å²) in [6.07, 6.45) is 0. The van der Waals surface area contributed by atoms with E-state index in [1.807, 2.05) is 0 Å². The van der Waals surface area contributed by atoms with Crippen LogP contribution in [-0.4, -0.2) is 63.6 Å². The van der Waals surface area contributed by atoms with E-state index in [9.17, 15) is 24.0 Å². The predicted molar refractivity (Wildman–Crippen MR) is 132 cm³/mol. The molecule has 0 radical (unpaired) electrons. The Labute approximate surface area is 217 Å². The number of esters is 1. The fourth-order valence-corrected chi connectivity index (χ4v) is 3.79. The Hall–Kier alpha value is -4.99. The second-order valence-corrected chi connectivity index (χ2v) is 8.03. The van der Waals surface area contributed by atoms with Crippen molar-refractivity contribution in [1.29, 1.82) is 0 Å². The van der Waals surface area contributed by atoms with Crippen molar-refractivity contribution in [2.75, 3.05) is 34.5 Å². The minimum Gasteiger partial charge on any atom is -0.497 e. The van der Waals surface area contributed by atoms with Gasteiger partial charge in [0.25, 0.3) is 0 Å². The number of ketones is 4. The number of hydrogen-bond acceptors (Lipinski definition) is 10. The van der Waals surface area contributed by atoms with E-state index < -0.39 is 29.1 Å². The van der Waals surface area contributed by atoms with E-state index in [0.29, 0.717) is 0 Å². The standard InChI is InChI=1S/C28H22O10/c1-34-18-10-17(11-19(12-18)35-2)25(30)27(32)21-14-23-22(37-8-9-38-23)13-20(21)26(31)24(29)15-4-6-16(7-5-15)28(33)36-3/h4-7,10-14H,8-9H2,1-3H3. The third-order valence-corrected chi connectivity index (χ3v) is 5.77. The van der Waals surface area contributed by atoms with Crippen molar-refractivity contribution >= 4 is 29.1 Å². The molecule has 0 aromatic heterocycles. The summed E-state index contributed by atoms with van der Waals surface area (Å²) in [7, 11) is 4.01. The lowest BCUT2D eigenvalue weighted by molar-refractivity contribution is 0.0600. The van der Waals surface area contributed by atoms with Crippen LogP contribution in [0.2, 0.25) is 0 Å². The largest absolute Gasteiger partial charge is 0.497 e. The van der Waals surface area contributed by atoms with E-state index >= 15 is 0 Å². The van der Waals surface area contributed by atoms with Crippen LogP contribution in [0.1, 0.15) is 51.8 Å². The summed E-state index contributed by atoms with van der Waals surface area (Å²) in [6, 6.07) is 11.9. The maximum Gasteiger partial charge on any atom is 0.337 e. The SMILES string of the molecule is COC(=O)c1ccc(C(=O)C(=O)c2cc3c(cc2C(=O)C(=O)c2cc(OC)cc(OC)c2)OCCO3)cc1. The van der Waals surface area contributed by atoms with Crippen LogP contribution in [0.3, 0.4) is 0 Å². The van der Waals surface area contributed by atoms with Crippen molar-refractivity contribution in [3.63, 3.8) is 0 Å². The number of carbonyl (C=O) groups excluding carboxylic acids is 5. The molecule has 0 amide bonds. The van der Waals surface area contributed by atoms with Gasteiger partial charge < -0.3 is 23.7 Å². The molecule has 1 aliphatic rings. The normalized spacial score (nSPS) is 11.8. The van der Waals surface area contributed by atoms with Crippen molar-refractivity contribution in [2.45, 2.75) is 0 Å². The van der Waals surface area contributed by atoms with Gasteiger partial charge in [-0.05, 0) is 36.4 Å². The van der Waals surface area contributed by atoms with Crippen LogP contribution in [0.4, 0.5) is 0 Å². The zero-order chi connectivity index (χ0) is 27.4. The lowest BCUT2D eigenvalue weighted by Crippen LogP contribution is -2.24. The number of fused-ring (bicyclic) bond motifs is 1. The third kappa shape index (κ3) is 5.10. The van der Waals surface area contributed by atoms with Crippen LogP contribution in [-0.2, 0) is 4.74 Å². The molecule has 3 aromatic rings. The number of Topliss-reactive ketones (excluding diaryl/α,β-unsaturated/α-hetero) is 4. The molecule has 38 heavy (non-hydrogen) atoms. The van der Waals surface area contributed by atoms with Gasteiger partial charge in [0.2, 0.25) is 23.1 Å². The average Bonchev–Trinajstić information content (AvgIpc) is 2.98. The van der Waals surface area contributed by atoms with Crippen LogP contribution < -0.4 is 18.9 Å². The first-order valence-corrected chi connectivity index (χ1v) is 11.3. The fraction of sp³-hybridized carbons (Fsp3) is 0.179.